The average Bonchev–Trinajstić information content (AvgIpc) is 3.47. The SMILES string of the molecule is Cn1ccnc1COc1ccc(NC(=O)CNC(=O)c2cc(-c3ccccc3)on2)cc1. The minimum absolute atomic E-state index is 0.103. The van der Waals surface area contributed by atoms with E-state index in [-0.39, 0.29) is 18.1 Å². The van der Waals surface area contributed by atoms with Gasteiger partial charge in [-0.05, 0) is 24.3 Å². The minimum Gasteiger partial charge on any atom is -0.486 e. The molecule has 0 fully saturated rings. The Morgan fingerprint density at radius 1 is 1.09 bits per heavy atom. The molecule has 0 spiro atoms. The zero-order valence-electron chi connectivity index (χ0n) is 17.3. The molecular weight excluding hydrogens is 410 g/mol. The van der Waals surface area contributed by atoms with Crippen molar-refractivity contribution in [1.82, 2.24) is 20.0 Å². The van der Waals surface area contributed by atoms with Crippen LogP contribution in [0.4, 0.5) is 5.69 Å². The number of aromatic nitrogens is 3. The molecule has 0 aliphatic rings. The smallest absolute Gasteiger partial charge is 0.273 e. The fourth-order valence-corrected chi connectivity index (χ4v) is 2.89. The lowest BCUT2D eigenvalue weighted by atomic mass is 10.1. The third kappa shape index (κ3) is 5.20. The summed E-state index contributed by atoms with van der Waals surface area (Å²) in [6.45, 7) is 0.138. The van der Waals surface area contributed by atoms with Gasteiger partial charge in [-0.2, -0.15) is 0 Å². The zero-order valence-corrected chi connectivity index (χ0v) is 17.3. The normalized spacial score (nSPS) is 10.5. The highest BCUT2D eigenvalue weighted by atomic mass is 16.5. The molecule has 2 aromatic heterocycles. The molecule has 0 aliphatic carbocycles. The van der Waals surface area contributed by atoms with Crippen LogP contribution >= 0.6 is 0 Å². The van der Waals surface area contributed by atoms with Crippen molar-refractivity contribution >= 4 is 17.5 Å². The van der Waals surface area contributed by atoms with Crippen LogP contribution in [-0.2, 0) is 18.4 Å². The van der Waals surface area contributed by atoms with Crippen LogP contribution in [0.1, 0.15) is 16.3 Å². The van der Waals surface area contributed by atoms with Gasteiger partial charge in [0.05, 0.1) is 6.54 Å². The van der Waals surface area contributed by atoms with E-state index in [1.54, 1.807) is 30.5 Å². The van der Waals surface area contributed by atoms with Gasteiger partial charge in [-0.25, -0.2) is 4.98 Å². The Labute approximate surface area is 184 Å². The van der Waals surface area contributed by atoms with Crippen molar-refractivity contribution < 1.29 is 18.8 Å². The molecular formula is C23H21N5O4. The highest BCUT2D eigenvalue weighted by Crippen LogP contribution is 2.20. The zero-order chi connectivity index (χ0) is 22.3. The first kappa shape index (κ1) is 20.9. The Kier molecular flexibility index (Phi) is 6.26. The number of amides is 2. The van der Waals surface area contributed by atoms with Gasteiger partial charge in [0.1, 0.15) is 18.2 Å². The Balaban J connectivity index is 1.24. The van der Waals surface area contributed by atoms with Crippen LogP contribution < -0.4 is 15.4 Å². The van der Waals surface area contributed by atoms with Crippen LogP contribution in [0.5, 0.6) is 5.75 Å². The van der Waals surface area contributed by atoms with Crippen molar-refractivity contribution in [2.24, 2.45) is 7.05 Å². The van der Waals surface area contributed by atoms with Gasteiger partial charge in [0.15, 0.2) is 11.5 Å². The first-order valence-electron chi connectivity index (χ1n) is 9.88. The third-order valence-corrected chi connectivity index (χ3v) is 4.64. The summed E-state index contributed by atoms with van der Waals surface area (Å²) in [6.07, 6.45) is 3.56. The molecule has 162 valence electrons. The fraction of sp³-hybridized carbons (Fsp3) is 0.130. The second-order valence-corrected chi connectivity index (χ2v) is 6.94. The third-order valence-electron chi connectivity index (χ3n) is 4.64. The van der Waals surface area contributed by atoms with Crippen LogP contribution in [0.3, 0.4) is 0 Å². The van der Waals surface area contributed by atoms with Crippen molar-refractivity contribution in [2.75, 3.05) is 11.9 Å². The summed E-state index contributed by atoms with van der Waals surface area (Å²) in [6, 6.07) is 17.8. The standard InChI is InChI=1S/C23H21N5O4/c1-28-12-11-24-21(28)15-31-18-9-7-17(8-10-18)26-22(29)14-25-23(30)19-13-20(32-27-19)16-5-3-2-4-6-16/h2-13H,14-15H2,1H3,(H,25,30)(H,26,29). The predicted molar refractivity (Wildman–Crippen MR) is 117 cm³/mol. The maximum Gasteiger partial charge on any atom is 0.273 e. The van der Waals surface area contributed by atoms with Crippen LogP contribution in [0.2, 0.25) is 0 Å². The van der Waals surface area contributed by atoms with E-state index in [9.17, 15) is 9.59 Å². The van der Waals surface area contributed by atoms with Crippen molar-refractivity contribution in [3.05, 3.63) is 84.6 Å². The number of benzene rings is 2. The van der Waals surface area contributed by atoms with E-state index >= 15 is 0 Å². The summed E-state index contributed by atoms with van der Waals surface area (Å²) < 4.78 is 12.8. The molecule has 0 unspecified atom stereocenters. The van der Waals surface area contributed by atoms with Gasteiger partial charge in [0, 0.05) is 36.8 Å². The Hall–Kier alpha value is -4.40. The van der Waals surface area contributed by atoms with Gasteiger partial charge in [-0.3, -0.25) is 9.59 Å². The molecule has 9 heteroatoms. The van der Waals surface area contributed by atoms with E-state index in [4.69, 9.17) is 9.26 Å². The monoisotopic (exact) mass is 431 g/mol. The molecule has 0 bridgehead atoms. The Morgan fingerprint density at radius 2 is 1.88 bits per heavy atom. The molecule has 2 amide bonds. The van der Waals surface area contributed by atoms with Crippen molar-refractivity contribution in [3.63, 3.8) is 0 Å². The van der Waals surface area contributed by atoms with Gasteiger partial charge in [0.25, 0.3) is 5.91 Å². The topological polar surface area (TPSA) is 111 Å². The van der Waals surface area contributed by atoms with E-state index in [2.05, 4.69) is 20.8 Å². The molecule has 0 radical (unpaired) electrons. The molecule has 4 rings (SSSR count). The fourth-order valence-electron chi connectivity index (χ4n) is 2.89. The molecule has 2 N–H and O–H groups in total. The maximum atomic E-state index is 12.2. The van der Waals surface area contributed by atoms with Crippen molar-refractivity contribution in [2.45, 2.75) is 6.61 Å². The number of hydrogen-bond acceptors (Lipinski definition) is 6. The second kappa shape index (κ2) is 9.61. The number of nitrogens with one attached hydrogen (secondary N) is 2. The first-order chi connectivity index (χ1) is 15.6. The van der Waals surface area contributed by atoms with Crippen LogP contribution in [0.15, 0.2) is 77.6 Å². The number of anilines is 1. The van der Waals surface area contributed by atoms with Crippen LogP contribution in [0.25, 0.3) is 11.3 Å². The number of aryl methyl sites for hydroxylation is 1. The highest BCUT2D eigenvalue weighted by Gasteiger charge is 2.14. The molecule has 2 aromatic carbocycles. The molecule has 0 saturated heterocycles. The van der Waals surface area contributed by atoms with Gasteiger partial charge < -0.3 is 24.5 Å². The van der Waals surface area contributed by atoms with Crippen molar-refractivity contribution in [3.8, 4) is 17.1 Å². The Morgan fingerprint density at radius 3 is 2.59 bits per heavy atom. The lowest BCUT2D eigenvalue weighted by Gasteiger charge is -2.09. The molecule has 0 aliphatic heterocycles. The van der Waals surface area contributed by atoms with Gasteiger partial charge in [-0.1, -0.05) is 35.5 Å². The highest BCUT2D eigenvalue weighted by molar-refractivity contribution is 5.98. The minimum atomic E-state index is -0.496. The lowest BCUT2D eigenvalue weighted by Crippen LogP contribution is -2.33. The Bertz CT molecular complexity index is 1200. The van der Waals surface area contributed by atoms with E-state index in [0.29, 0.717) is 23.8 Å². The molecule has 0 atom stereocenters. The lowest BCUT2D eigenvalue weighted by molar-refractivity contribution is -0.115. The average molecular weight is 431 g/mol. The summed E-state index contributed by atoms with van der Waals surface area (Å²) in [5.41, 5.74) is 1.50. The number of ether oxygens (including phenoxy) is 1. The number of nitrogens with zero attached hydrogens (tertiary/aromatic N) is 3. The number of imidazole rings is 1. The van der Waals surface area contributed by atoms with Gasteiger partial charge in [-0.15, -0.1) is 0 Å². The van der Waals surface area contributed by atoms with E-state index in [1.165, 1.54) is 6.07 Å². The van der Waals surface area contributed by atoms with E-state index < -0.39 is 5.91 Å². The summed E-state index contributed by atoms with van der Waals surface area (Å²) in [5.74, 6) is 1.07. The largest absolute Gasteiger partial charge is 0.486 e. The second-order valence-electron chi connectivity index (χ2n) is 6.94. The maximum absolute atomic E-state index is 12.2. The predicted octanol–water partition coefficient (Wildman–Crippen LogP) is 3.02. The van der Waals surface area contributed by atoms with Gasteiger partial charge in [0.2, 0.25) is 5.91 Å². The van der Waals surface area contributed by atoms with E-state index in [1.807, 2.05) is 48.1 Å². The molecule has 9 nitrogen and oxygen atoms in total. The summed E-state index contributed by atoms with van der Waals surface area (Å²) in [4.78, 5) is 28.6. The first-order valence-corrected chi connectivity index (χ1v) is 9.88. The summed E-state index contributed by atoms with van der Waals surface area (Å²) >= 11 is 0. The van der Waals surface area contributed by atoms with E-state index in [0.717, 1.165) is 11.4 Å². The summed E-state index contributed by atoms with van der Waals surface area (Å²) in [7, 11) is 1.90. The van der Waals surface area contributed by atoms with Gasteiger partial charge >= 0.3 is 0 Å². The molecule has 2 heterocycles. The quantitative estimate of drug-likeness (QED) is 0.444. The molecule has 0 saturated carbocycles. The molecule has 32 heavy (non-hydrogen) atoms. The van der Waals surface area contributed by atoms with Crippen LogP contribution in [0, 0.1) is 0 Å². The van der Waals surface area contributed by atoms with Crippen molar-refractivity contribution in [1.29, 1.82) is 0 Å². The number of rotatable bonds is 8. The summed E-state index contributed by atoms with van der Waals surface area (Å²) in [5, 5.41) is 9.01. The van der Waals surface area contributed by atoms with Crippen LogP contribution in [-0.4, -0.2) is 33.1 Å². The number of hydrogen-bond donors (Lipinski definition) is 2. The number of carbonyl (C=O) groups excluding carboxylic acids is 2. The number of carbonyl (C=O) groups is 2. The molecule has 4 aromatic rings.